The molecule has 4 aromatic rings. The zero-order valence-corrected chi connectivity index (χ0v) is 18.2. The predicted molar refractivity (Wildman–Crippen MR) is 123 cm³/mol. The van der Waals surface area contributed by atoms with Crippen LogP contribution in [0.4, 0.5) is 0 Å². The molecule has 0 spiro atoms. The zero-order valence-electron chi connectivity index (χ0n) is 18.2. The minimum absolute atomic E-state index is 0.0866. The first-order valence-electron chi connectivity index (χ1n) is 10.5. The summed E-state index contributed by atoms with van der Waals surface area (Å²) in [5, 5.41) is 0. The van der Waals surface area contributed by atoms with Crippen molar-refractivity contribution in [1.29, 1.82) is 0 Å². The standard InChI is InChI=1S/C26H27N3O2/c1-4-28(18-20-8-6-5-7-9-20)25(30)17-23-26(21-10-12-22(31-3)13-11-21)27-24-16-19(2)14-15-29(23)24/h5-16H,4,17-18H2,1-3H3. The van der Waals surface area contributed by atoms with Gasteiger partial charge in [0.1, 0.15) is 11.4 Å². The van der Waals surface area contributed by atoms with Crippen molar-refractivity contribution in [2.45, 2.75) is 26.8 Å². The third-order valence-electron chi connectivity index (χ3n) is 5.51. The first-order valence-corrected chi connectivity index (χ1v) is 10.5. The Kier molecular flexibility index (Phi) is 6.03. The Morgan fingerprint density at radius 2 is 1.81 bits per heavy atom. The molecule has 4 rings (SSSR count). The lowest BCUT2D eigenvalue weighted by Gasteiger charge is -2.21. The highest BCUT2D eigenvalue weighted by molar-refractivity contribution is 5.82. The smallest absolute Gasteiger partial charge is 0.228 e. The number of methoxy groups -OCH3 is 1. The summed E-state index contributed by atoms with van der Waals surface area (Å²) in [6, 6.07) is 22.0. The van der Waals surface area contributed by atoms with Crippen LogP contribution in [-0.4, -0.2) is 33.8 Å². The van der Waals surface area contributed by atoms with Gasteiger partial charge in [-0.3, -0.25) is 4.79 Å². The second-order valence-electron chi connectivity index (χ2n) is 7.64. The minimum Gasteiger partial charge on any atom is -0.497 e. The molecular weight excluding hydrogens is 386 g/mol. The Morgan fingerprint density at radius 1 is 1.06 bits per heavy atom. The molecule has 158 valence electrons. The van der Waals surface area contributed by atoms with Gasteiger partial charge in [0.15, 0.2) is 0 Å². The summed E-state index contributed by atoms with van der Waals surface area (Å²) in [7, 11) is 1.65. The zero-order chi connectivity index (χ0) is 21.8. The molecule has 0 radical (unpaired) electrons. The van der Waals surface area contributed by atoms with E-state index >= 15 is 0 Å². The molecule has 2 aromatic heterocycles. The molecular formula is C26H27N3O2. The van der Waals surface area contributed by atoms with Gasteiger partial charge in [0.05, 0.1) is 24.9 Å². The van der Waals surface area contributed by atoms with E-state index in [0.717, 1.165) is 39.5 Å². The third-order valence-corrected chi connectivity index (χ3v) is 5.51. The Balaban J connectivity index is 1.70. The maximum Gasteiger partial charge on any atom is 0.228 e. The van der Waals surface area contributed by atoms with Gasteiger partial charge >= 0.3 is 0 Å². The van der Waals surface area contributed by atoms with Crippen LogP contribution in [0.15, 0.2) is 72.9 Å². The van der Waals surface area contributed by atoms with Crippen molar-refractivity contribution in [2.24, 2.45) is 0 Å². The van der Waals surface area contributed by atoms with Gasteiger partial charge in [-0.05, 0) is 61.4 Å². The quantitative estimate of drug-likeness (QED) is 0.432. The molecule has 0 saturated heterocycles. The number of benzene rings is 2. The number of carbonyl (C=O) groups is 1. The summed E-state index contributed by atoms with van der Waals surface area (Å²) in [6.07, 6.45) is 2.28. The number of hydrogen-bond acceptors (Lipinski definition) is 3. The van der Waals surface area contributed by atoms with Crippen LogP contribution >= 0.6 is 0 Å². The number of hydrogen-bond donors (Lipinski definition) is 0. The van der Waals surface area contributed by atoms with Crippen LogP contribution in [0.5, 0.6) is 5.75 Å². The van der Waals surface area contributed by atoms with Crippen molar-refractivity contribution >= 4 is 11.6 Å². The van der Waals surface area contributed by atoms with Gasteiger partial charge in [0.25, 0.3) is 0 Å². The number of imidazole rings is 1. The van der Waals surface area contributed by atoms with E-state index in [-0.39, 0.29) is 12.3 Å². The lowest BCUT2D eigenvalue weighted by Crippen LogP contribution is -2.32. The van der Waals surface area contributed by atoms with Crippen molar-refractivity contribution in [1.82, 2.24) is 14.3 Å². The van der Waals surface area contributed by atoms with Crippen molar-refractivity contribution in [2.75, 3.05) is 13.7 Å². The summed E-state index contributed by atoms with van der Waals surface area (Å²) < 4.78 is 7.32. The van der Waals surface area contributed by atoms with Gasteiger partial charge in [-0.1, -0.05) is 30.3 Å². The van der Waals surface area contributed by atoms with Crippen LogP contribution in [-0.2, 0) is 17.8 Å². The molecule has 0 aliphatic heterocycles. The highest BCUT2D eigenvalue weighted by Crippen LogP contribution is 2.27. The first-order chi connectivity index (χ1) is 15.1. The number of fused-ring (bicyclic) bond motifs is 1. The van der Waals surface area contributed by atoms with E-state index < -0.39 is 0 Å². The Labute approximate surface area is 182 Å². The van der Waals surface area contributed by atoms with Crippen LogP contribution in [0.25, 0.3) is 16.9 Å². The van der Waals surface area contributed by atoms with E-state index in [1.54, 1.807) is 7.11 Å². The van der Waals surface area contributed by atoms with E-state index in [9.17, 15) is 4.79 Å². The molecule has 5 nitrogen and oxygen atoms in total. The number of pyridine rings is 1. The molecule has 0 atom stereocenters. The molecule has 0 saturated carbocycles. The minimum atomic E-state index is 0.0866. The van der Waals surface area contributed by atoms with E-state index in [1.807, 2.05) is 83.9 Å². The van der Waals surface area contributed by atoms with Gasteiger partial charge in [0, 0.05) is 24.8 Å². The first kappa shape index (κ1) is 20.7. The van der Waals surface area contributed by atoms with Crippen LogP contribution in [0.1, 0.15) is 23.7 Å². The van der Waals surface area contributed by atoms with Crippen LogP contribution in [0, 0.1) is 6.92 Å². The summed E-state index contributed by atoms with van der Waals surface area (Å²) >= 11 is 0. The fraction of sp³-hybridized carbons (Fsp3) is 0.231. The van der Waals surface area contributed by atoms with Gasteiger partial charge in [-0.2, -0.15) is 0 Å². The number of rotatable bonds is 7. The van der Waals surface area contributed by atoms with Crippen LogP contribution in [0.2, 0.25) is 0 Å². The predicted octanol–water partition coefficient (Wildman–Crippen LogP) is 4.91. The van der Waals surface area contributed by atoms with Gasteiger partial charge in [-0.25, -0.2) is 4.98 Å². The van der Waals surface area contributed by atoms with E-state index in [1.165, 1.54) is 0 Å². The monoisotopic (exact) mass is 413 g/mol. The second kappa shape index (κ2) is 9.04. The van der Waals surface area contributed by atoms with Crippen LogP contribution < -0.4 is 4.74 Å². The topological polar surface area (TPSA) is 46.8 Å². The third kappa shape index (κ3) is 4.45. The average molecular weight is 414 g/mol. The molecule has 5 heteroatoms. The van der Waals surface area contributed by atoms with Crippen molar-refractivity contribution in [3.8, 4) is 17.0 Å². The number of ether oxygens (including phenoxy) is 1. The van der Waals surface area contributed by atoms with Crippen molar-refractivity contribution in [3.63, 3.8) is 0 Å². The Hall–Kier alpha value is -3.60. The van der Waals surface area contributed by atoms with Gasteiger partial charge < -0.3 is 14.0 Å². The fourth-order valence-electron chi connectivity index (χ4n) is 3.78. The number of aromatic nitrogens is 2. The van der Waals surface area contributed by atoms with Crippen molar-refractivity contribution in [3.05, 3.63) is 89.7 Å². The summed E-state index contributed by atoms with van der Waals surface area (Å²) in [5.41, 5.74) is 5.81. The summed E-state index contributed by atoms with van der Waals surface area (Å²) in [6.45, 7) is 5.32. The highest BCUT2D eigenvalue weighted by Gasteiger charge is 2.20. The van der Waals surface area contributed by atoms with Gasteiger partial charge in [0.2, 0.25) is 5.91 Å². The van der Waals surface area contributed by atoms with E-state index in [2.05, 4.69) is 12.1 Å². The normalized spacial score (nSPS) is 10.9. The number of aryl methyl sites for hydroxylation is 1. The molecule has 2 aromatic carbocycles. The molecule has 2 heterocycles. The van der Waals surface area contributed by atoms with Crippen molar-refractivity contribution < 1.29 is 9.53 Å². The Morgan fingerprint density at radius 3 is 2.48 bits per heavy atom. The summed E-state index contributed by atoms with van der Waals surface area (Å²) in [4.78, 5) is 20.1. The van der Waals surface area contributed by atoms with Crippen LogP contribution in [0.3, 0.4) is 0 Å². The maximum absolute atomic E-state index is 13.3. The fourth-order valence-corrected chi connectivity index (χ4v) is 3.78. The molecule has 0 bridgehead atoms. The van der Waals surface area contributed by atoms with E-state index in [4.69, 9.17) is 9.72 Å². The molecule has 31 heavy (non-hydrogen) atoms. The molecule has 0 N–H and O–H groups in total. The largest absolute Gasteiger partial charge is 0.497 e. The average Bonchev–Trinajstić information content (AvgIpc) is 3.15. The highest BCUT2D eigenvalue weighted by atomic mass is 16.5. The second-order valence-corrected chi connectivity index (χ2v) is 7.64. The molecule has 0 unspecified atom stereocenters. The number of nitrogens with zero attached hydrogens (tertiary/aromatic N) is 3. The number of likely N-dealkylation sites (N-methyl/N-ethyl adjacent to an activating group) is 1. The molecule has 0 aliphatic rings. The van der Waals surface area contributed by atoms with E-state index in [0.29, 0.717) is 13.1 Å². The molecule has 0 aliphatic carbocycles. The molecule has 0 fully saturated rings. The maximum atomic E-state index is 13.3. The lowest BCUT2D eigenvalue weighted by molar-refractivity contribution is -0.130. The number of carbonyl (C=O) groups excluding carboxylic acids is 1. The SMILES string of the molecule is CCN(Cc1ccccc1)C(=O)Cc1c(-c2ccc(OC)cc2)nc2cc(C)ccn12. The number of amides is 1. The lowest BCUT2D eigenvalue weighted by atomic mass is 10.1. The summed E-state index contributed by atoms with van der Waals surface area (Å²) in [5.74, 6) is 0.879. The Bertz CT molecular complexity index is 1180. The van der Waals surface area contributed by atoms with Gasteiger partial charge in [-0.15, -0.1) is 0 Å². The molecule has 1 amide bonds.